The van der Waals surface area contributed by atoms with Crippen molar-refractivity contribution in [2.45, 2.75) is 199 Å². The van der Waals surface area contributed by atoms with Gasteiger partial charge in [-0.1, -0.05) is 140 Å². The average molecular weight is 671 g/mol. The third-order valence-corrected chi connectivity index (χ3v) is 9.72. The van der Waals surface area contributed by atoms with Crippen LogP contribution < -0.4 is 5.32 Å². The monoisotopic (exact) mass is 671 g/mol. The molecule has 0 aromatic heterocycles. The van der Waals surface area contributed by atoms with E-state index in [9.17, 15) is 0 Å². The lowest BCUT2D eigenvalue weighted by Gasteiger charge is -2.30. The Hall–Kier alpha value is -1.20. The number of unbranched alkanes of at least 4 members (excludes halogenated alkanes) is 16. The van der Waals surface area contributed by atoms with Gasteiger partial charge in [-0.15, -0.1) is 0 Å². The lowest BCUT2D eigenvalue weighted by Crippen LogP contribution is -2.37. The fourth-order valence-electron chi connectivity index (χ4n) is 6.60. The highest BCUT2D eigenvalue weighted by atomic mass is 16.8. The molecule has 0 radical (unpaired) electrons. The molecule has 1 N–H and O–H groups in total. The van der Waals surface area contributed by atoms with E-state index in [1.54, 1.807) is 0 Å². The van der Waals surface area contributed by atoms with Gasteiger partial charge in [-0.2, -0.15) is 0 Å². The molecule has 0 spiro atoms. The predicted molar refractivity (Wildman–Crippen MR) is 213 cm³/mol. The Labute approximate surface area is 300 Å². The molecule has 2 atom stereocenters. The van der Waals surface area contributed by atoms with E-state index < -0.39 is 5.79 Å². The highest BCUT2D eigenvalue weighted by Crippen LogP contribution is 2.38. The summed E-state index contributed by atoms with van der Waals surface area (Å²) in [6.45, 7) is 6.47. The molecular weight excluding hydrogens is 588 g/mol. The summed E-state index contributed by atoms with van der Waals surface area (Å²) in [6, 6.07) is 0. The Bertz CT molecular complexity index is 748. The number of nitrogens with one attached hydrogen (secondary N) is 1. The third-order valence-electron chi connectivity index (χ3n) is 9.72. The molecule has 0 aromatic carbocycles. The zero-order chi connectivity index (χ0) is 34.8. The first-order chi connectivity index (χ1) is 23.6. The van der Waals surface area contributed by atoms with Crippen LogP contribution in [0.3, 0.4) is 0 Å². The predicted octanol–water partition coefficient (Wildman–Crippen LogP) is 12.7. The maximum Gasteiger partial charge on any atom is 0.171 e. The van der Waals surface area contributed by atoms with E-state index in [1.807, 2.05) is 7.05 Å². The lowest BCUT2D eigenvalue weighted by molar-refractivity contribution is -0.186. The summed E-state index contributed by atoms with van der Waals surface area (Å²) in [4.78, 5) is 2.26. The number of rotatable bonds is 34. The Morgan fingerprint density at radius 1 is 0.521 bits per heavy atom. The van der Waals surface area contributed by atoms with E-state index in [0.717, 1.165) is 51.6 Å². The molecule has 0 amide bonds. The molecule has 48 heavy (non-hydrogen) atoms. The molecular formula is C44H82N2O2. The van der Waals surface area contributed by atoms with E-state index in [1.165, 1.54) is 128 Å². The number of hydrogen-bond acceptors (Lipinski definition) is 4. The summed E-state index contributed by atoms with van der Waals surface area (Å²) < 4.78 is 13.8. The summed E-state index contributed by atoms with van der Waals surface area (Å²) in [5, 5.41) is 3.35. The second-order valence-electron chi connectivity index (χ2n) is 14.7. The fourth-order valence-corrected chi connectivity index (χ4v) is 6.60. The van der Waals surface area contributed by atoms with E-state index in [4.69, 9.17) is 9.47 Å². The van der Waals surface area contributed by atoms with Gasteiger partial charge in [0.25, 0.3) is 0 Å². The molecule has 1 aliphatic rings. The van der Waals surface area contributed by atoms with Crippen molar-refractivity contribution < 1.29 is 9.47 Å². The molecule has 1 rings (SSSR count). The van der Waals surface area contributed by atoms with Crippen molar-refractivity contribution in [2.75, 3.05) is 34.2 Å². The first-order valence-corrected chi connectivity index (χ1v) is 20.8. The van der Waals surface area contributed by atoms with Gasteiger partial charge < -0.3 is 19.7 Å². The Kier molecular flexibility index (Phi) is 30.8. The van der Waals surface area contributed by atoms with Crippen molar-refractivity contribution in [3.63, 3.8) is 0 Å². The Morgan fingerprint density at radius 2 is 0.917 bits per heavy atom. The van der Waals surface area contributed by atoms with Crippen LogP contribution in [-0.4, -0.2) is 57.1 Å². The van der Waals surface area contributed by atoms with Crippen LogP contribution in [0.4, 0.5) is 0 Å². The second-order valence-corrected chi connectivity index (χ2v) is 14.7. The molecule has 4 heteroatoms. The molecule has 4 nitrogen and oxygen atoms in total. The largest absolute Gasteiger partial charge is 0.344 e. The van der Waals surface area contributed by atoms with E-state index in [-0.39, 0.29) is 12.2 Å². The molecule has 2 unspecified atom stereocenters. The van der Waals surface area contributed by atoms with E-state index >= 15 is 0 Å². The van der Waals surface area contributed by atoms with Crippen LogP contribution in [0.15, 0.2) is 48.6 Å². The normalized spacial score (nSPS) is 20.3. The van der Waals surface area contributed by atoms with Gasteiger partial charge in [-0.05, 0) is 105 Å². The summed E-state index contributed by atoms with van der Waals surface area (Å²) in [5.74, 6) is -0.434. The van der Waals surface area contributed by atoms with Gasteiger partial charge in [-0.3, -0.25) is 0 Å². The minimum Gasteiger partial charge on any atom is -0.344 e. The van der Waals surface area contributed by atoms with Crippen molar-refractivity contribution in [1.29, 1.82) is 0 Å². The van der Waals surface area contributed by atoms with Gasteiger partial charge in [-0.25, -0.2) is 0 Å². The first kappa shape index (κ1) is 44.8. The van der Waals surface area contributed by atoms with Gasteiger partial charge in [0.1, 0.15) is 0 Å². The van der Waals surface area contributed by atoms with Crippen LogP contribution in [0.2, 0.25) is 0 Å². The van der Waals surface area contributed by atoms with Gasteiger partial charge in [0.15, 0.2) is 5.79 Å². The molecule has 1 saturated heterocycles. The van der Waals surface area contributed by atoms with Crippen LogP contribution in [-0.2, 0) is 9.47 Å². The summed E-state index contributed by atoms with van der Waals surface area (Å²) in [5.41, 5.74) is 0. The third kappa shape index (κ3) is 25.7. The smallest absolute Gasteiger partial charge is 0.171 e. The van der Waals surface area contributed by atoms with Crippen molar-refractivity contribution in [1.82, 2.24) is 10.2 Å². The summed E-state index contributed by atoms with van der Waals surface area (Å²) >= 11 is 0. The van der Waals surface area contributed by atoms with Gasteiger partial charge in [0, 0.05) is 19.4 Å². The van der Waals surface area contributed by atoms with Gasteiger partial charge >= 0.3 is 0 Å². The summed E-state index contributed by atoms with van der Waals surface area (Å²) in [6.07, 6.45) is 51.7. The number of ether oxygens (including phenoxy) is 2. The SMILES string of the molecule is CCCCC/C=C\C/C=C\CCCCCCCC1OC(CCNC)(CCN(C)C)OC1CCCCCCC/C=C\C/C=C\CCCCC. The van der Waals surface area contributed by atoms with Gasteiger partial charge in [0.2, 0.25) is 0 Å². The maximum atomic E-state index is 6.89. The molecule has 0 saturated carbocycles. The standard InChI is InChI=1S/C44H82N2O2/c1-6-8-10-12-14-16-18-20-22-24-26-28-30-32-34-36-42-43(48-44(47-42,38-40-45-3)39-41-46(4)5)37-35-33-31-29-27-25-23-21-19-17-15-13-11-9-7-2/h14-17,20-23,42-43,45H,6-13,18-19,24-41H2,1-5H3/b16-14-,17-15-,22-20-,23-21-. The highest BCUT2D eigenvalue weighted by Gasteiger charge is 2.46. The summed E-state index contributed by atoms with van der Waals surface area (Å²) in [7, 11) is 6.34. The maximum absolute atomic E-state index is 6.89. The second kappa shape index (κ2) is 33.0. The highest BCUT2D eigenvalue weighted by molar-refractivity contribution is 4.94. The Balaban J connectivity index is 2.36. The number of allylic oxidation sites excluding steroid dienone is 8. The average Bonchev–Trinajstić information content (AvgIpc) is 3.43. The van der Waals surface area contributed by atoms with Crippen LogP contribution in [0.25, 0.3) is 0 Å². The quantitative estimate of drug-likeness (QED) is 0.0546. The van der Waals surface area contributed by atoms with Crippen molar-refractivity contribution >= 4 is 0 Å². The zero-order valence-electron chi connectivity index (χ0n) is 32.8. The fraction of sp³-hybridized carbons (Fsp3) is 0.818. The minimum atomic E-state index is -0.434. The van der Waals surface area contributed by atoms with Crippen LogP contribution in [0.1, 0.15) is 181 Å². The molecule has 1 heterocycles. The van der Waals surface area contributed by atoms with Gasteiger partial charge in [0.05, 0.1) is 12.2 Å². The van der Waals surface area contributed by atoms with Crippen molar-refractivity contribution in [3.05, 3.63) is 48.6 Å². The zero-order valence-corrected chi connectivity index (χ0v) is 32.8. The molecule has 280 valence electrons. The van der Waals surface area contributed by atoms with E-state index in [0.29, 0.717) is 0 Å². The van der Waals surface area contributed by atoms with Crippen LogP contribution in [0, 0.1) is 0 Å². The van der Waals surface area contributed by atoms with Crippen molar-refractivity contribution in [3.8, 4) is 0 Å². The molecule has 1 fully saturated rings. The Morgan fingerprint density at radius 3 is 1.31 bits per heavy atom. The lowest BCUT2D eigenvalue weighted by atomic mass is 9.99. The van der Waals surface area contributed by atoms with Crippen molar-refractivity contribution in [2.24, 2.45) is 0 Å². The topological polar surface area (TPSA) is 33.7 Å². The van der Waals surface area contributed by atoms with Crippen LogP contribution in [0.5, 0.6) is 0 Å². The number of nitrogens with zero attached hydrogens (tertiary/aromatic N) is 1. The van der Waals surface area contributed by atoms with E-state index in [2.05, 4.69) is 86.8 Å². The molecule has 0 aromatic rings. The molecule has 0 bridgehead atoms. The molecule has 1 aliphatic heterocycles. The molecule has 0 aliphatic carbocycles. The minimum absolute atomic E-state index is 0.243. The number of hydrogen-bond donors (Lipinski definition) is 1. The first-order valence-electron chi connectivity index (χ1n) is 20.8. The van der Waals surface area contributed by atoms with Crippen LogP contribution >= 0.6 is 0 Å².